The maximum absolute atomic E-state index is 5.70. The summed E-state index contributed by atoms with van der Waals surface area (Å²) in [4.78, 5) is 0. The number of thiocarbonyl (C=S) groups is 1. The van der Waals surface area contributed by atoms with Crippen molar-refractivity contribution < 1.29 is 14.2 Å². The van der Waals surface area contributed by atoms with Crippen LogP contribution in [0.4, 0.5) is 5.69 Å². The highest BCUT2D eigenvalue weighted by Crippen LogP contribution is 2.29. The normalized spacial score (nSPS) is 11.3. The number of anilines is 1. The van der Waals surface area contributed by atoms with Crippen molar-refractivity contribution in [3.8, 4) is 17.2 Å². The third kappa shape index (κ3) is 5.31. The fraction of sp³-hybridized carbons (Fsp3) is 0.278. The van der Waals surface area contributed by atoms with Gasteiger partial charge in [0.25, 0.3) is 0 Å². The molecule has 0 aliphatic heterocycles. The maximum atomic E-state index is 5.70. The first-order valence-electron chi connectivity index (χ1n) is 7.59. The Morgan fingerprint density at radius 2 is 1.75 bits per heavy atom. The van der Waals surface area contributed by atoms with Crippen LogP contribution in [0.15, 0.2) is 48.5 Å². The van der Waals surface area contributed by atoms with Crippen molar-refractivity contribution in [1.82, 2.24) is 5.32 Å². The number of rotatable bonds is 7. The van der Waals surface area contributed by atoms with Crippen LogP contribution in [0.25, 0.3) is 0 Å². The summed E-state index contributed by atoms with van der Waals surface area (Å²) in [5.74, 6) is 2.15. The fourth-order valence-corrected chi connectivity index (χ4v) is 2.40. The van der Waals surface area contributed by atoms with Crippen LogP contribution < -0.4 is 24.8 Å². The average molecular weight is 346 g/mol. The van der Waals surface area contributed by atoms with Crippen LogP contribution in [0.2, 0.25) is 0 Å². The molecule has 0 aliphatic rings. The summed E-state index contributed by atoms with van der Waals surface area (Å²) in [6.07, 6.45) is 0. The SMILES string of the molecule is COc1ccc(NC(=S)N[C@@H](C)COc2ccccc2)cc1OC. The van der Waals surface area contributed by atoms with Gasteiger partial charge in [0, 0.05) is 11.8 Å². The molecule has 2 aromatic rings. The maximum Gasteiger partial charge on any atom is 0.171 e. The molecule has 0 fully saturated rings. The quantitative estimate of drug-likeness (QED) is 0.749. The third-order valence-electron chi connectivity index (χ3n) is 3.26. The summed E-state index contributed by atoms with van der Waals surface area (Å²) in [5.41, 5.74) is 0.821. The average Bonchev–Trinajstić information content (AvgIpc) is 2.60. The van der Waals surface area contributed by atoms with Crippen LogP contribution in [0.1, 0.15) is 6.92 Å². The Morgan fingerprint density at radius 1 is 1.04 bits per heavy atom. The summed E-state index contributed by atoms with van der Waals surface area (Å²) < 4.78 is 16.2. The van der Waals surface area contributed by atoms with E-state index < -0.39 is 0 Å². The van der Waals surface area contributed by atoms with Crippen LogP contribution in [0, 0.1) is 0 Å². The molecule has 1 atom stereocenters. The van der Waals surface area contributed by atoms with Crippen LogP contribution in [0.5, 0.6) is 17.2 Å². The predicted octanol–water partition coefficient (Wildman–Crippen LogP) is 3.46. The molecule has 24 heavy (non-hydrogen) atoms. The van der Waals surface area contributed by atoms with E-state index in [9.17, 15) is 0 Å². The fourth-order valence-electron chi connectivity index (χ4n) is 2.08. The third-order valence-corrected chi connectivity index (χ3v) is 3.48. The molecule has 2 rings (SSSR count). The van der Waals surface area contributed by atoms with Crippen molar-refractivity contribution >= 4 is 23.0 Å². The molecule has 0 heterocycles. The number of hydrogen-bond acceptors (Lipinski definition) is 4. The molecule has 0 radical (unpaired) electrons. The zero-order valence-corrected chi connectivity index (χ0v) is 14.9. The van der Waals surface area contributed by atoms with Gasteiger partial charge in [-0.1, -0.05) is 18.2 Å². The number of benzene rings is 2. The Hall–Kier alpha value is -2.47. The largest absolute Gasteiger partial charge is 0.493 e. The van der Waals surface area contributed by atoms with Gasteiger partial charge in [-0.3, -0.25) is 0 Å². The highest BCUT2D eigenvalue weighted by atomic mass is 32.1. The molecular formula is C18H22N2O3S. The highest BCUT2D eigenvalue weighted by molar-refractivity contribution is 7.80. The molecular weight excluding hydrogens is 324 g/mol. The van der Waals surface area contributed by atoms with Gasteiger partial charge in [0.05, 0.1) is 20.3 Å². The lowest BCUT2D eigenvalue weighted by Crippen LogP contribution is -2.39. The summed E-state index contributed by atoms with van der Waals surface area (Å²) in [5, 5.41) is 6.83. The van der Waals surface area contributed by atoms with Gasteiger partial charge in [0.2, 0.25) is 0 Å². The van der Waals surface area contributed by atoms with E-state index in [1.807, 2.05) is 55.5 Å². The molecule has 0 bridgehead atoms. The Labute approximate surface area is 147 Å². The molecule has 0 saturated heterocycles. The van der Waals surface area contributed by atoms with Crippen molar-refractivity contribution in [3.05, 3.63) is 48.5 Å². The molecule has 6 heteroatoms. The molecule has 0 unspecified atom stereocenters. The Kier molecular flexibility index (Phi) is 6.69. The minimum absolute atomic E-state index is 0.0605. The van der Waals surface area contributed by atoms with E-state index in [0.29, 0.717) is 23.2 Å². The monoisotopic (exact) mass is 346 g/mol. The number of methoxy groups -OCH3 is 2. The van der Waals surface area contributed by atoms with Gasteiger partial charge in [0.15, 0.2) is 16.6 Å². The number of nitrogens with one attached hydrogen (secondary N) is 2. The molecule has 0 spiro atoms. The molecule has 5 nitrogen and oxygen atoms in total. The van der Waals surface area contributed by atoms with Crippen molar-refractivity contribution in [2.24, 2.45) is 0 Å². The van der Waals surface area contributed by atoms with Crippen LogP contribution in [0.3, 0.4) is 0 Å². The van der Waals surface area contributed by atoms with Gasteiger partial charge >= 0.3 is 0 Å². The number of para-hydroxylation sites is 1. The molecule has 0 amide bonds. The van der Waals surface area contributed by atoms with E-state index in [2.05, 4.69) is 10.6 Å². The van der Waals surface area contributed by atoms with Crippen LogP contribution in [-0.4, -0.2) is 32.0 Å². The van der Waals surface area contributed by atoms with Crippen molar-refractivity contribution in [2.45, 2.75) is 13.0 Å². The molecule has 0 aromatic heterocycles. The molecule has 0 aliphatic carbocycles. The summed E-state index contributed by atoms with van der Waals surface area (Å²) in [7, 11) is 3.20. The van der Waals surface area contributed by atoms with E-state index in [-0.39, 0.29) is 6.04 Å². The van der Waals surface area contributed by atoms with E-state index in [1.165, 1.54) is 0 Å². The summed E-state index contributed by atoms with van der Waals surface area (Å²) in [6.45, 7) is 2.52. The van der Waals surface area contributed by atoms with Crippen molar-refractivity contribution in [1.29, 1.82) is 0 Å². The smallest absolute Gasteiger partial charge is 0.171 e. The molecule has 0 saturated carbocycles. The predicted molar refractivity (Wildman–Crippen MR) is 100 cm³/mol. The topological polar surface area (TPSA) is 51.8 Å². The first kappa shape index (κ1) is 17.9. The first-order valence-corrected chi connectivity index (χ1v) is 8.00. The van der Waals surface area contributed by atoms with Crippen LogP contribution in [-0.2, 0) is 0 Å². The zero-order valence-electron chi connectivity index (χ0n) is 14.0. The highest BCUT2D eigenvalue weighted by Gasteiger charge is 2.08. The standard InChI is InChI=1S/C18H22N2O3S/c1-13(12-23-15-7-5-4-6-8-15)19-18(24)20-14-9-10-16(21-2)17(11-14)22-3/h4-11,13H,12H2,1-3H3,(H2,19,20,24)/t13-/m0/s1. The lowest BCUT2D eigenvalue weighted by atomic mass is 10.2. The second kappa shape index (κ2) is 8.98. The Bertz CT molecular complexity index is 665. The minimum Gasteiger partial charge on any atom is -0.493 e. The minimum atomic E-state index is 0.0605. The number of hydrogen-bond donors (Lipinski definition) is 2. The first-order chi connectivity index (χ1) is 11.6. The summed E-state index contributed by atoms with van der Waals surface area (Å²) in [6, 6.07) is 15.3. The Morgan fingerprint density at radius 3 is 2.42 bits per heavy atom. The van der Waals surface area contributed by atoms with E-state index in [4.69, 9.17) is 26.4 Å². The Balaban J connectivity index is 1.84. The summed E-state index contributed by atoms with van der Waals surface area (Å²) >= 11 is 5.33. The van der Waals surface area contributed by atoms with Gasteiger partial charge in [0.1, 0.15) is 12.4 Å². The second-order valence-corrected chi connectivity index (χ2v) is 5.60. The van der Waals surface area contributed by atoms with Gasteiger partial charge in [-0.25, -0.2) is 0 Å². The van der Waals surface area contributed by atoms with E-state index >= 15 is 0 Å². The zero-order chi connectivity index (χ0) is 17.4. The van der Waals surface area contributed by atoms with Crippen LogP contribution >= 0.6 is 12.2 Å². The second-order valence-electron chi connectivity index (χ2n) is 5.19. The molecule has 128 valence electrons. The lowest BCUT2D eigenvalue weighted by molar-refractivity contribution is 0.287. The molecule has 2 aromatic carbocycles. The van der Waals surface area contributed by atoms with Gasteiger partial charge in [-0.2, -0.15) is 0 Å². The van der Waals surface area contributed by atoms with E-state index in [0.717, 1.165) is 11.4 Å². The van der Waals surface area contributed by atoms with Gasteiger partial charge in [-0.15, -0.1) is 0 Å². The van der Waals surface area contributed by atoms with Gasteiger partial charge < -0.3 is 24.8 Å². The van der Waals surface area contributed by atoms with Gasteiger partial charge in [-0.05, 0) is 43.4 Å². The number of ether oxygens (including phenoxy) is 3. The molecule has 2 N–H and O–H groups in total. The lowest BCUT2D eigenvalue weighted by Gasteiger charge is -2.18. The van der Waals surface area contributed by atoms with E-state index in [1.54, 1.807) is 14.2 Å². The van der Waals surface area contributed by atoms with Crippen molar-refractivity contribution in [2.75, 3.05) is 26.1 Å². The van der Waals surface area contributed by atoms with Crippen molar-refractivity contribution in [3.63, 3.8) is 0 Å².